The van der Waals surface area contributed by atoms with Crippen molar-refractivity contribution in [3.8, 4) is 11.4 Å². The molecule has 1 aliphatic rings. The largest absolute Gasteiger partial charge is 0.338 e. The maximum atomic E-state index is 12.9. The number of benzene rings is 2. The predicted molar refractivity (Wildman–Crippen MR) is 115 cm³/mol. The van der Waals surface area contributed by atoms with Gasteiger partial charge in [0.25, 0.3) is 5.91 Å². The van der Waals surface area contributed by atoms with E-state index in [4.69, 9.17) is 16.6 Å². The molecular formula is C22H18ClN3OS. The van der Waals surface area contributed by atoms with E-state index in [1.165, 1.54) is 16.9 Å². The highest BCUT2D eigenvalue weighted by atomic mass is 35.5. The molecule has 0 radical (unpaired) electrons. The quantitative estimate of drug-likeness (QED) is 0.432. The molecule has 5 rings (SSSR count). The first-order chi connectivity index (χ1) is 13.7. The summed E-state index contributed by atoms with van der Waals surface area (Å²) in [5.74, 6) is 0.622. The highest BCUT2D eigenvalue weighted by Gasteiger charge is 2.25. The third kappa shape index (κ3) is 3.01. The van der Waals surface area contributed by atoms with Gasteiger partial charge in [-0.2, -0.15) is 0 Å². The Morgan fingerprint density at radius 1 is 1.07 bits per heavy atom. The second-order valence-electron chi connectivity index (χ2n) is 6.95. The third-order valence-electron chi connectivity index (χ3n) is 5.14. The van der Waals surface area contributed by atoms with E-state index in [9.17, 15) is 4.79 Å². The van der Waals surface area contributed by atoms with Gasteiger partial charge in [-0.1, -0.05) is 35.9 Å². The van der Waals surface area contributed by atoms with Crippen molar-refractivity contribution in [2.45, 2.75) is 25.7 Å². The fourth-order valence-electron chi connectivity index (χ4n) is 3.79. The SMILES string of the molecule is O=C(Nc1sc2c(c1-c1nc3ccccc3[nH]1)CCCC2)c1ccccc1Cl. The summed E-state index contributed by atoms with van der Waals surface area (Å²) >= 11 is 7.88. The van der Waals surface area contributed by atoms with E-state index in [0.717, 1.165) is 46.7 Å². The van der Waals surface area contributed by atoms with Crippen LogP contribution in [0.2, 0.25) is 5.02 Å². The van der Waals surface area contributed by atoms with Crippen molar-refractivity contribution in [1.29, 1.82) is 0 Å². The molecule has 0 saturated carbocycles. The van der Waals surface area contributed by atoms with Gasteiger partial charge in [0.15, 0.2) is 0 Å². The standard InChI is InChI=1S/C22H18ClN3OS/c23-15-9-3-1-7-13(15)21(27)26-22-19(14-8-2-6-12-18(14)28-22)20-24-16-10-4-5-11-17(16)25-20/h1,3-5,7,9-11H,2,6,8,12H2,(H,24,25)(H,26,27). The number of hydrogen-bond donors (Lipinski definition) is 2. The summed E-state index contributed by atoms with van der Waals surface area (Å²) < 4.78 is 0. The second-order valence-corrected chi connectivity index (χ2v) is 8.46. The number of fused-ring (bicyclic) bond motifs is 2. The fraction of sp³-hybridized carbons (Fsp3) is 0.182. The van der Waals surface area contributed by atoms with Crippen LogP contribution in [0, 0.1) is 0 Å². The Hall–Kier alpha value is -2.63. The van der Waals surface area contributed by atoms with Crippen molar-refractivity contribution in [2.75, 3.05) is 5.32 Å². The van der Waals surface area contributed by atoms with Crippen LogP contribution in [0.3, 0.4) is 0 Å². The van der Waals surface area contributed by atoms with Crippen LogP contribution >= 0.6 is 22.9 Å². The Morgan fingerprint density at radius 2 is 1.86 bits per heavy atom. The van der Waals surface area contributed by atoms with E-state index < -0.39 is 0 Å². The average Bonchev–Trinajstić information content (AvgIpc) is 3.28. The Balaban J connectivity index is 1.61. The van der Waals surface area contributed by atoms with Crippen molar-refractivity contribution in [3.05, 3.63) is 69.6 Å². The summed E-state index contributed by atoms with van der Waals surface area (Å²) in [5.41, 5.74) is 4.74. The number of thiophene rings is 1. The first-order valence-electron chi connectivity index (χ1n) is 9.36. The molecule has 2 aromatic carbocycles. The fourth-order valence-corrected chi connectivity index (χ4v) is 5.30. The van der Waals surface area contributed by atoms with E-state index in [0.29, 0.717) is 10.6 Å². The number of hydrogen-bond acceptors (Lipinski definition) is 3. The van der Waals surface area contributed by atoms with Crippen LogP contribution in [-0.2, 0) is 12.8 Å². The lowest BCUT2D eigenvalue weighted by atomic mass is 9.95. The number of halogens is 1. The molecule has 0 saturated heterocycles. The number of aromatic amines is 1. The van der Waals surface area contributed by atoms with E-state index in [-0.39, 0.29) is 5.91 Å². The number of H-pyrrole nitrogens is 1. The number of nitrogens with zero attached hydrogens (tertiary/aromatic N) is 1. The van der Waals surface area contributed by atoms with Gasteiger partial charge in [0.05, 0.1) is 27.2 Å². The summed E-state index contributed by atoms with van der Waals surface area (Å²) in [6, 6.07) is 15.1. The number of aromatic nitrogens is 2. The van der Waals surface area contributed by atoms with Crippen LogP contribution in [-0.4, -0.2) is 15.9 Å². The number of anilines is 1. The van der Waals surface area contributed by atoms with E-state index in [1.807, 2.05) is 36.4 Å². The molecule has 2 heterocycles. The van der Waals surface area contributed by atoms with Crippen LogP contribution in [0.15, 0.2) is 48.5 Å². The minimum atomic E-state index is -0.193. The van der Waals surface area contributed by atoms with Crippen LogP contribution < -0.4 is 5.32 Å². The number of nitrogens with one attached hydrogen (secondary N) is 2. The topological polar surface area (TPSA) is 57.8 Å². The Bertz CT molecular complexity index is 1160. The van der Waals surface area contributed by atoms with Crippen molar-refractivity contribution >= 4 is 44.9 Å². The van der Waals surface area contributed by atoms with Crippen LogP contribution in [0.1, 0.15) is 33.6 Å². The Kier molecular flexibility index (Phi) is 4.41. The van der Waals surface area contributed by atoms with E-state index in [1.54, 1.807) is 23.5 Å². The molecule has 0 unspecified atom stereocenters. The van der Waals surface area contributed by atoms with Gasteiger partial charge in [0, 0.05) is 4.88 Å². The zero-order valence-corrected chi connectivity index (χ0v) is 16.7. The first-order valence-corrected chi connectivity index (χ1v) is 10.6. The van der Waals surface area contributed by atoms with Gasteiger partial charge >= 0.3 is 0 Å². The molecule has 0 spiro atoms. The smallest absolute Gasteiger partial charge is 0.257 e. The summed E-state index contributed by atoms with van der Waals surface area (Å²) in [6.45, 7) is 0. The highest BCUT2D eigenvalue weighted by Crippen LogP contribution is 2.44. The van der Waals surface area contributed by atoms with Crippen molar-refractivity contribution in [2.24, 2.45) is 0 Å². The maximum absolute atomic E-state index is 12.9. The third-order valence-corrected chi connectivity index (χ3v) is 6.68. The minimum Gasteiger partial charge on any atom is -0.338 e. The number of carbonyl (C=O) groups is 1. The molecular weight excluding hydrogens is 390 g/mol. The molecule has 0 fully saturated rings. The number of carbonyl (C=O) groups excluding carboxylic acids is 1. The number of para-hydroxylation sites is 2. The average molecular weight is 408 g/mol. The van der Waals surface area contributed by atoms with E-state index >= 15 is 0 Å². The van der Waals surface area contributed by atoms with Gasteiger partial charge < -0.3 is 10.3 Å². The van der Waals surface area contributed by atoms with Gasteiger partial charge in [0.2, 0.25) is 0 Å². The molecule has 28 heavy (non-hydrogen) atoms. The summed E-state index contributed by atoms with van der Waals surface area (Å²) in [7, 11) is 0. The zero-order chi connectivity index (χ0) is 19.1. The van der Waals surface area contributed by atoms with Gasteiger partial charge in [0.1, 0.15) is 10.8 Å². The molecule has 1 aliphatic carbocycles. The number of amides is 1. The first kappa shape index (κ1) is 17.5. The molecule has 0 aliphatic heterocycles. The number of aryl methyl sites for hydroxylation is 1. The number of imidazole rings is 1. The lowest BCUT2D eigenvalue weighted by molar-refractivity contribution is 0.102. The molecule has 0 bridgehead atoms. The van der Waals surface area contributed by atoms with Crippen molar-refractivity contribution in [3.63, 3.8) is 0 Å². The summed E-state index contributed by atoms with van der Waals surface area (Å²) in [6.07, 6.45) is 4.41. The normalized spacial score (nSPS) is 13.5. The Morgan fingerprint density at radius 3 is 2.71 bits per heavy atom. The molecule has 140 valence electrons. The molecule has 2 N–H and O–H groups in total. The zero-order valence-electron chi connectivity index (χ0n) is 15.1. The van der Waals surface area contributed by atoms with Gasteiger partial charge in [-0.3, -0.25) is 4.79 Å². The molecule has 2 aromatic heterocycles. The van der Waals surface area contributed by atoms with Crippen molar-refractivity contribution < 1.29 is 4.79 Å². The van der Waals surface area contributed by atoms with E-state index in [2.05, 4.69) is 10.3 Å². The van der Waals surface area contributed by atoms with Crippen molar-refractivity contribution in [1.82, 2.24) is 9.97 Å². The van der Waals surface area contributed by atoms with Crippen LogP contribution in [0.25, 0.3) is 22.4 Å². The van der Waals surface area contributed by atoms with Gasteiger partial charge in [-0.05, 0) is 55.5 Å². The molecule has 6 heteroatoms. The van der Waals surface area contributed by atoms with Crippen LogP contribution in [0.4, 0.5) is 5.00 Å². The monoisotopic (exact) mass is 407 g/mol. The summed E-state index contributed by atoms with van der Waals surface area (Å²) in [5, 5.41) is 4.40. The van der Waals surface area contributed by atoms with Crippen LogP contribution in [0.5, 0.6) is 0 Å². The lowest BCUT2D eigenvalue weighted by Gasteiger charge is -2.12. The van der Waals surface area contributed by atoms with Gasteiger partial charge in [-0.25, -0.2) is 4.98 Å². The second kappa shape index (κ2) is 7.08. The molecule has 4 nitrogen and oxygen atoms in total. The highest BCUT2D eigenvalue weighted by molar-refractivity contribution is 7.17. The van der Waals surface area contributed by atoms with Gasteiger partial charge in [-0.15, -0.1) is 11.3 Å². The molecule has 0 atom stereocenters. The lowest BCUT2D eigenvalue weighted by Crippen LogP contribution is -2.12. The predicted octanol–water partition coefficient (Wildman–Crippen LogP) is 6.08. The molecule has 4 aromatic rings. The summed E-state index contributed by atoms with van der Waals surface area (Å²) in [4.78, 5) is 22.5. The Labute approximate surface area is 171 Å². The molecule has 1 amide bonds. The minimum absolute atomic E-state index is 0.193. The maximum Gasteiger partial charge on any atom is 0.257 e. The number of rotatable bonds is 3.